The van der Waals surface area contributed by atoms with Crippen LogP contribution in [0.25, 0.3) is 10.1 Å². The quantitative estimate of drug-likeness (QED) is 0.313. The van der Waals surface area contributed by atoms with E-state index in [4.69, 9.17) is 0 Å². The molecule has 1 amide bonds. The van der Waals surface area contributed by atoms with Gasteiger partial charge in [-0.15, -0.1) is 11.3 Å². The molecule has 0 spiro atoms. The summed E-state index contributed by atoms with van der Waals surface area (Å²) in [6.45, 7) is 4.02. The Morgan fingerprint density at radius 2 is 1.78 bits per heavy atom. The average molecular weight is 529 g/mol. The number of nitrogens with zero attached hydrogens (tertiary/aromatic N) is 1. The van der Waals surface area contributed by atoms with Crippen LogP contribution >= 0.6 is 27.3 Å². The minimum Gasteiger partial charge on any atom is -0.321 e. The monoisotopic (exact) mass is 528 g/mol. The fraction of sp³-hybridized carbons (Fsp3) is 0.125. The summed E-state index contributed by atoms with van der Waals surface area (Å²) in [4.78, 5) is 13.5. The van der Waals surface area contributed by atoms with E-state index in [9.17, 15) is 13.2 Å². The number of benzene rings is 3. The molecule has 0 radical (unpaired) electrons. The molecule has 8 heteroatoms. The third-order valence-electron chi connectivity index (χ3n) is 4.99. The van der Waals surface area contributed by atoms with Crippen molar-refractivity contribution in [3.05, 3.63) is 87.7 Å². The summed E-state index contributed by atoms with van der Waals surface area (Å²) in [6, 6.07) is 21.5. The highest BCUT2D eigenvalue weighted by atomic mass is 79.9. The molecule has 0 unspecified atom stereocenters. The van der Waals surface area contributed by atoms with E-state index in [1.54, 1.807) is 43.3 Å². The molecule has 0 aliphatic rings. The fourth-order valence-electron chi connectivity index (χ4n) is 3.39. The summed E-state index contributed by atoms with van der Waals surface area (Å²) in [5, 5.41) is 3.72. The number of thiophene rings is 1. The highest BCUT2D eigenvalue weighted by Crippen LogP contribution is 2.32. The van der Waals surface area contributed by atoms with Gasteiger partial charge in [0.15, 0.2) is 0 Å². The smallest absolute Gasteiger partial charge is 0.265 e. The Balaban J connectivity index is 1.64. The first-order chi connectivity index (χ1) is 15.3. The summed E-state index contributed by atoms with van der Waals surface area (Å²) >= 11 is 4.77. The number of nitrogens with one attached hydrogen (secondary N) is 1. The fourth-order valence-corrected chi connectivity index (χ4v) is 6.19. The summed E-state index contributed by atoms with van der Waals surface area (Å²) < 4.78 is 29.6. The van der Waals surface area contributed by atoms with Gasteiger partial charge in [-0.25, -0.2) is 8.42 Å². The van der Waals surface area contributed by atoms with Crippen LogP contribution in [0.1, 0.15) is 22.2 Å². The Morgan fingerprint density at radius 1 is 1.03 bits per heavy atom. The first-order valence-electron chi connectivity index (χ1n) is 9.98. The molecule has 32 heavy (non-hydrogen) atoms. The maximum Gasteiger partial charge on any atom is 0.265 e. The number of aryl methyl sites for hydroxylation is 1. The van der Waals surface area contributed by atoms with Crippen molar-refractivity contribution in [2.75, 3.05) is 16.2 Å². The van der Waals surface area contributed by atoms with Gasteiger partial charge in [-0.2, -0.15) is 0 Å². The van der Waals surface area contributed by atoms with Gasteiger partial charge in [0.1, 0.15) is 0 Å². The van der Waals surface area contributed by atoms with Crippen molar-refractivity contribution in [2.24, 2.45) is 0 Å². The van der Waals surface area contributed by atoms with Gasteiger partial charge in [-0.05, 0) is 73.8 Å². The van der Waals surface area contributed by atoms with Gasteiger partial charge < -0.3 is 5.32 Å². The lowest BCUT2D eigenvalue weighted by Gasteiger charge is -2.23. The Bertz CT molecular complexity index is 1400. The SMILES string of the molecule is CCN(c1ccc2sc(C(=O)Nc3cccc(Br)c3)cc2c1)S(=O)(=O)c1ccc(C)cc1. The molecule has 0 saturated carbocycles. The number of halogens is 1. The lowest BCUT2D eigenvalue weighted by atomic mass is 10.2. The highest BCUT2D eigenvalue weighted by molar-refractivity contribution is 9.10. The molecule has 0 aliphatic carbocycles. The molecule has 5 nitrogen and oxygen atoms in total. The van der Waals surface area contributed by atoms with E-state index in [0.717, 1.165) is 20.1 Å². The van der Waals surface area contributed by atoms with Gasteiger partial charge in [-0.3, -0.25) is 9.10 Å². The van der Waals surface area contributed by atoms with Crippen molar-refractivity contribution in [3.63, 3.8) is 0 Å². The highest BCUT2D eigenvalue weighted by Gasteiger charge is 2.24. The third-order valence-corrected chi connectivity index (χ3v) is 8.52. The van der Waals surface area contributed by atoms with Crippen LogP contribution in [0.4, 0.5) is 11.4 Å². The lowest BCUT2D eigenvalue weighted by Crippen LogP contribution is -2.30. The lowest BCUT2D eigenvalue weighted by molar-refractivity contribution is 0.103. The van der Waals surface area contributed by atoms with Crippen LogP contribution in [0.2, 0.25) is 0 Å². The predicted molar refractivity (Wildman–Crippen MR) is 135 cm³/mol. The molecule has 0 saturated heterocycles. The number of carbonyl (C=O) groups is 1. The van der Waals surface area contributed by atoms with Crippen molar-refractivity contribution in [1.82, 2.24) is 0 Å². The number of sulfonamides is 1. The average Bonchev–Trinajstić information content (AvgIpc) is 3.18. The van der Waals surface area contributed by atoms with Gasteiger partial charge in [0.2, 0.25) is 0 Å². The molecule has 3 aromatic carbocycles. The molecule has 4 aromatic rings. The Morgan fingerprint density at radius 3 is 2.47 bits per heavy atom. The van der Waals surface area contributed by atoms with E-state index in [1.165, 1.54) is 15.6 Å². The van der Waals surface area contributed by atoms with E-state index in [1.807, 2.05) is 43.3 Å². The zero-order valence-electron chi connectivity index (χ0n) is 17.5. The molecule has 1 heterocycles. The van der Waals surface area contributed by atoms with Gasteiger partial charge >= 0.3 is 0 Å². The van der Waals surface area contributed by atoms with Crippen LogP contribution in [0, 0.1) is 6.92 Å². The Hall–Kier alpha value is -2.68. The number of hydrogen-bond donors (Lipinski definition) is 1. The maximum atomic E-state index is 13.2. The second-order valence-electron chi connectivity index (χ2n) is 7.28. The van der Waals surface area contributed by atoms with E-state index < -0.39 is 10.0 Å². The molecule has 164 valence electrons. The van der Waals surface area contributed by atoms with Gasteiger partial charge in [-0.1, -0.05) is 39.7 Å². The van der Waals surface area contributed by atoms with Crippen LogP contribution in [0.5, 0.6) is 0 Å². The normalized spacial score (nSPS) is 11.5. The maximum absolute atomic E-state index is 13.2. The second-order valence-corrected chi connectivity index (χ2v) is 11.1. The number of hydrogen-bond acceptors (Lipinski definition) is 4. The predicted octanol–water partition coefficient (Wildman–Crippen LogP) is 6.44. The third kappa shape index (κ3) is 4.57. The molecule has 1 N–H and O–H groups in total. The number of amides is 1. The summed E-state index contributed by atoms with van der Waals surface area (Å²) in [5.74, 6) is -0.203. The molecule has 1 aromatic heterocycles. The number of fused-ring (bicyclic) bond motifs is 1. The minimum atomic E-state index is -3.69. The first-order valence-corrected chi connectivity index (χ1v) is 13.0. The van der Waals surface area contributed by atoms with Crippen molar-refractivity contribution in [2.45, 2.75) is 18.7 Å². The van der Waals surface area contributed by atoms with Crippen LogP contribution in [0.3, 0.4) is 0 Å². The summed E-state index contributed by atoms with van der Waals surface area (Å²) in [5.41, 5.74) is 2.27. The standard InChI is InChI=1S/C24H21BrN2O3S2/c1-3-27(32(29,30)21-10-7-16(2)8-11-21)20-9-12-22-17(13-20)14-23(31-22)24(28)26-19-6-4-5-18(25)15-19/h4-15H,3H2,1-2H3,(H,26,28). The number of rotatable bonds is 6. The van der Waals surface area contributed by atoms with Crippen molar-refractivity contribution in [1.29, 1.82) is 0 Å². The van der Waals surface area contributed by atoms with E-state index in [2.05, 4.69) is 21.2 Å². The number of anilines is 2. The number of carbonyl (C=O) groups excluding carboxylic acids is 1. The molecular formula is C24H21BrN2O3S2. The molecule has 0 bridgehead atoms. The molecule has 0 fully saturated rings. The van der Waals surface area contributed by atoms with Crippen molar-refractivity contribution < 1.29 is 13.2 Å². The Kier molecular flexibility index (Phi) is 6.37. The van der Waals surface area contributed by atoms with Crippen LogP contribution in [-0.4, -0.2) is 20.9 Å². The van der Waals surface area contributed by atoms with Crippen molar-refractivity contribution in [3.8, 4) is 0 Å². The molecule has 0 atom stereocenters. The summed E-state index contributed by atoms with van der Waals surface area (Å²) in [6.07, 6.45) is 0. The van der Waals surface area contributed by atoms with E-state index in [0.29, 0.717) is 22.8 Å². The minimum absolute atomic E-state index is 0.203. The Labute approximate surface area is 199 Å². The van der Waals surface area contributed by atoms with Crippen molar-refractivity contribution >= 4 is 64.7 Å². The first kappa shape index (κ1) is 22.5. The summed E-state index contributed by atoms with van der Waals surface area (Å²) in [7, 11) is -3.69. The van der Waals surface area contributed by atoms with Gasteiger partial charge in [0.25, 0.3) is 15.9 Å². The molecular weight excluding hydrogens is 508 g/mol. The van der Waals surface area contributed by atoms with Crippen LogP contribution in [-0.2, 0) is 10.0 Å². The zero-order chi connectivity index (χ0) is 22.9. The van der Waals surface area contributed by atoms with Crippen LogP contribution in [0.15, 0.2) is 82.2 Å². The topological polar surface area (TPSA) is 66.5 Å². The van der Waals surface area contributed by atoms with E-state index in [-0.39, 0.29) is 10.8 Å². The largest absolute Gasteiger partial charge is 0.321 e. The molecule has 4 rings (SSSR count). The van der Waals surface area contributed by atoms with Gasteiger partial charge in [0, 0.05) is 21.4 Å². The van der Waals surface area contributed by atoms with Crippen LogP contribution < -0.4 is 9.62 Å². The second kappa shape index (κ2) is 9.05. The van der Waals surface area contributed by atoms with Gasteiger partial charge in [0.05, 0.1) is 15.5 Å². The van der Waals surface area contributed by atoms with E-state index >= 15 is 0 Å². The molecule has 0 aliphatic heterocycles. The zero-order valence-corrected chi connectivity index (χ0v) is 20.7.